The summed E-state index contributed by atoms with van der Waals surface area (Å²) in [5.41, 5.74) is 7.48. The summed E-state index contributed by atoms with van der Waals surface area (Å²) in [5.74, 6) is 0.111. The number of rotatable bonds is 5. The largest absolute Gasteiger partial charge is 0.369 e. The fraction of sp³-hybridized carbons (Fsp3) is 0.429. The summed E-state index contributed by atoms with van der Waals surface area (Å²) in [6.45, 7) is 1.21. The van der Waals surface area contributed by atoms with E-state index in [4.69, 9.17) is 5.73 Å². The Labute approximate surface area is 158 Å². The molecule has 1 aromatic carbocycles. The van der Waals surface area contributed by atoms with Crippen molar-refractivity contribution in [2.45, 2.75) is 32.1 Å². The van der Waals surface area contributed by atoms with E-state index in [2.05, 4.69) is 35.7 Å². The zero-order valence-corrected chi connectivity index (χ0v) is 15.6. The van der Waals surface area contributed by atoms with Gasteiger partial charge in [-0.1, -0.05) is 30.3 Å². The van der Waals surface area contributed by atoms with Crippen molar-refractivity contribution < 1.29 is 9.59 Å². The number of carbonyl (C=O) groups is 2. The van der Waals surface area contributed by atoms with Gasteiger partial charge in [-0.15, -0.1) is 11.3 Å². The van der Waals surface area contributed by atoms with E-state index < -0.39 is 5.41 Å². The van der Waals surface area contributed by atoms with Crippen LogP contribution in [0.4, 0.5) is 0 Å². The average molecular weight is 369 g/mol. The first-order chi connectivity index (χ1) is 12.6. The third-order valence-corrected chi connectivity index (χ3v) is 6.56. The van der Waals surface area contributed by atoms with E-state index in [1.807, 2.05) is 11.0 Å². The first kappa shape index (κ1) is 17.3. The number of thiophene rings is 1. The fourth-order valence-electron chi connectivity index (χ4n) is 3.96. The van der Waals surface area contributed by atoms with Crippen LogP contribution in [0.1, 0.15) is 31.2 Å². The molecular weight excluding hydrogens is 344 g/mol. The van der Waals surface area contributed by atoms with Crippen LogP contribution in [0.15, 0.2) is 41.8 Å². The van der Waals surface area contributed by atoms with Crippen LogP contribution in [0.2, 0.25) is 0 Å². The Bertz CT molecular complexity index is 796. The van der Waals surface area contributed by atoms with Crippen molar-refractivity contribution in [3.63, 3.8) is 0 Å². The standard InChI is InChI=1S/C21H24N2O2S/c22-20(25)21(10-2-11-23(14-21)19(24)17-8-9-17)13-15-4-6-16(7-5-15)18-3-1-12-26-18/h1,3-7,12,17H,2,8-11,13-14H2,(H2,22,25). The highest BCUT2D eigenvalue weighted by Gasteiger charge is 2.44. The number of hydrogen-bond donors (Lipinski definition) is 1. The van der Waals surface area contributed by atoms with Gasteiger partial charge in [-0.25, -0.2) is 0 Å². The van der Waals surface area contributed by atoms with Gasteiger partial charge in [-0.2, -0.15) is 0 Å². The van der Waals surface area contributed by atoms with Gasteiger partial charge >= 0.3 is 0 Å². The van der Waals surface area contributed by atoms with Gasteiger partial charge in [-0.3, -0.25) is 9.59 Å². The zero-order chi connectivity index (χ0) is 18.1. The summed E-state index contributed by atoms with van der Waals surface area (Å²) in [6, 6.07) is 12.5. The Kier molecular flexibility index (Phi) is 4.57. The van der Waals surface area contributed by atoms with Crippen LogP contribution < -0.4 is 5.73 Å². The van der Waals surface area contributed by atoms with E-state index in [1.54, 1.807) is 11.3 Å². The molecule has 26 heavy (non-hydrogen) atoms. The van der Waals surface area contributed by atoms with Crippen molar-refractivity contribution in [3.05, 3.63) is 47.3 Å². The van der Waals surface area contributed by atoms with Crippen LogP contribution in [0.25, 0.3) is 10.4 Å². The SMILES string of the molecule is NC(=O)C1(Cc2ccc(-c3cccs3)cc2)CCCN(C(=O)C2CC2)C1. The molecule has 4 nitrogen and oxygen atoms in total. The quantitative estimate of drug-likeness (QED) is 0.878. The summed E-state index contributed by atoms with van der Waals surface area (Å²) < 4.78 is 0. The number of nitrogens with zero attached hydrogens (tertiary/aromatic N) is 1. The van der Waals surface area contributed by atoms with E-state index >= 15 is 0 Å². The second-order valence-corrected chi connectivity index (χ2v) is 8.58. The minimum atomic E-state index is -0.646. The Morgan fingerprint density at radius 3 is 2.58 bits per heavy atom. The normalized spacial score (nSPS) is 23.0. The number of hydrogen-bond acceptors (Lipinski definition) is 3. The molecule has 4 rings (SSSR count). The summed E-state index contributed by atoms with van der Waals surface area (Å²) in [5, 5.41) is 2.07. The van der Waals surface area contributed by atoms with E-state index in [9.17, 15) is 9.59 Å². The molecule has 136 valence electrons. The van der Waals surface area contributed by atoms with Crippen molar-refractivity contribution in [2.24, 2.45) is 17.1 Å². The van der Waals surface area contributed by atoms with Gasteiger partial charge in [-0.05, 0) is 54.7 Å². The van der Waals surface area contributed by atoms with Gasteiger partial charge in [0, 0.05) is 23.9 Å². The topological polar surface area (TPSA) is 63.4 Å². The molecule has 0 bridgehead atoms. The van der Waals surface area contributed by atoms with Crippen LogP contribution in [-0.2, 0) is 16.0 Å². The maximum Gasteiger partial charge on any atom is 0.225 e. The highest BCUT2D eigenvalue weighted by atomic mass is 32.1. The first-order valence-electron chi connectivity index (χ1n) is 9.29. The Hall–Kier alpha value is -2.14. The summed E-state index contributed by atoms with van der Waals surface area (Å²) in [6.07, 6.45) is 4.17. The van der Waals surface area contributed by atoms with Crippen molar-refractivity contribution in [2.75, 3.05) is 13.1 Å². The van der Waals surface area contributed by atoms with Crippen LogP contribution in [0.5, 0.6) is 0 Å². The highest BCUT2D eigenvalue weighted by Crippen LogP contribution is 2.38. The maximum absolute atomic E-state index is 12.5. The number of nitrogens with two attached hydrogens (primary N) is 1. The molecule has 1 aliphatic carbocycles. The number of primary amides is 1. The van der Waals surface area contributed by atoms with Gasteiger partial charge in [0.15, 0.2) is 0 Å². The molecule has 2 fully saturated rings. The molecule has 2 N–H and O–H groups in total. The number of amides is 2. The van der Waals surface area contributed by atoms with Crippen molar-refractivity contribution in [3.8, 4) is 10.4 Å². The minimum Gasteiger partial charge on any atom is -0.369 e. The van der Waals surface area contributed by atoms with Gasteiger partial charge in [0.1, 0.15) is 0 Å². The van der Waals surface area contributed by atoms with Crippen molar-refractivity contribution in [1.82, 2.24) is 4.90 Å². The number of benzene rings is 1. The molecule has 1 saturated carbocycles. The van der Waals surface area contributed by atoms with Crippen molar-refractivity contribution in [1.29, 1.82) is 0 Å². The lowest BCUT2D eigenvalue weighted by atomic mass is 9.74. The van der Waals surface area contributed by atoms with E-state index in [0.29, 0.717) is 13.0 Å². The van der Waals surface area contributed by atoms with E-state index in [0.717, 1.165) is 37.8 Å². The molecule has 1 atom stereocenters. The van der Waals surface area contributed by atoms with Crippen LogP contribution >= 0.6 is 11.3 Å². The Balaban J connectivity index is 1.52. The third kappa shape index (κ3) is 3.40. The molecule has 2 aliphatic rings. The molecule has 0 spiro atoms. The molecule has 2 aromatic rings. The summed E-state index contributed by atoms with van der Waals surface area (Å²) in [4.78, 5) is 28.0. The predicted octanol–water partition coefficient (Wildman–Crippen LogP) is 3.46. The maximum atomic E-state index is 12.5. The number of carbonyl (C=O) groups excluding carboxylic acids is 2. The number of likely N-dealkylation sites (tertiary alicyclic amines) is 1. The third-order valence-electron chi connectivity index (χ3n) is 5.64. The lowest BCUT2D eigenvalue weighted by Crippen LogP contribution is -2.53. The van der Waals surface area contributed by atoms with E-state index in [-0.39, 0.29) is 17.7 Å². The predicted molar refractivity (Wildman–Crippen MR) is 104 cm³/mol. The van der Waals surface area contributed by atoms with Crippen LogP contribution in [-0.4, -0.2) is 29.8 Å². The zero-order valence-electron chi connectivity index (χ0n) is 14.8. The molecule has 1 aliphatic heterocycles. The highest BCUT2D eigenvalue weighted by molar-refractivity contribution is 7.13. The molecule has 1 aromatic heterocycles. The van der Waals surface area contributed by atoms with Crippen LogP contribution in [0.3, 0.4) is 0 Å². The summed E-state index contributed by atoms with van der Waals surface area (Å²) in [7, 11) is 0. The summed E-state index contributed by atoms with van der Waals surface area (Å²) >= 11 is 1.72. The minimum absolute atomic E-state index is 0.184. The van der Waals surface area contributed by atoms with Crippen LogP contribution in [0, 0.1) is 11.3 Å². The fourth-order valence-corrected chi connectivity index (χ4v) is 4.69. The monoisotopic (exact) mass is 368 g/mol. The molecule has 1 saturated heterocycles. The second-order valence-electron chi connectivity index (χ2n) is 7.63. The molecular formula is C21H24N2O2S. The first-order valence-corrected chi connectivity index (χ1v) is 10.2. The molecule has 5 heteroatoms. The number of piperidine rings is 1. The van der Waals surface area contributed by atoms with E-state index in [1.165, 1.54) is 10.4 Å². The molecule has 0 radical (unpaired) electrons. The second kappa shape index (κ2) is 6.88. The molecule has 1 unspecified atom stereocenters. The lowest BCUT2D eigenvalue weighted by molar-refractivity contribution is -0.140. The van der Waals surface area contributed by atoms with Gasteiger partial charge < -0.3 is 10.6 Å². The smallest absolute Gasteiger partial charge is 0.225 e. The average Bonchev–Trinajstić information content (AvgIpc) is 3.36. The Morgan fingerprint density at radius 2 is 1.96 bits per heavy atom. The lowest BCUT2D eigenvalue weighted by Gasteiger charge is -2.41. The van der Waals surface area contributed by atoms with Gasteiger partial charge in [0.25, 0.3) is 0 Å². The van der Waals surface area contributed by atoms with Crippen molar-refractivity contribution >= 4 is 23.2 Å². The van der Waals surface area contributed by atoms with Gasteiger partial charge in [0.05, 0.1) is 5.41 Å². The molecule has 2 heterocycles. The molecule has 2 amide bonds. The van der Waals surface area contributed by atoms with Gasteiger partial charge in [0.2, 0.25) is 11.8 Å². The Morgan fingerprint density at radius 1 is 1.19 bits per heavy atom.